The van der Waals surface area contributed by atoms with Crippen molar-refractivity contribution in [3.8, 4) is 5.75 Å². The second-order valence-electron chi connectivity index (χ2n) is 10.0. The lowest BCUT2D eigenvalue weighted by molar-refractivity contribution is -0.133. The number of rotatable bonds is 9. The van der Waals surface area contributed by atoms with E-state index < -0.39 is 8.32 Å². The van der Waals surface area contributed by atoms with Gasteiger partial charge in [-0.25, -0.2) is 0 Å². The standard InChI is InChI=1S/C24H40N2O4Si/c1-19(27)25-14-15-26(21(16-25)18-30-31(6,7)24(2,3)4)17-22(28)11-8-20-9-12-23(29-5)13-10-20/h9-10,12-13,21H,8,11,14-18H2,1-7H3. The third kappa shape index (κ3) is 7.44. The minimum Gasteiger partial charge on any atom is -0.497 e. The Hall–Kier alpha value is -1.70. The molecule has 1 fully saturated rings. The minimum absolute atomic E-state index is 0.0525. The fourth-order valence-electron chi connectivity index (χ4n) is 3.45. The maximum atomic E-state index is 12.8. The summed E-state index contributed by atoms with van der Waals surface area (Å²) in [5, 5.41) is 0.126. The van der Waals surface area contributed by atoms with E-state index in [4.69, 9.17) is 9.16 Å². The Morgan fingerprint density at radius 3 is 2.32 bits per heavy atom. The third-order valence-electron chi connectivity index (χ3n) is 6.72. The highest BCUT2D eigenvalue weighted by molar-refractivity contribution is 6.74. The molecule has 1 amide bonds. The monoisotopic (exact) mass is 448 g/mol. The Morgan fingerprint density at radius 2 is 1.77 bits per heavy atom. The summed E-state index contributed by atoms with van der Waals surface area (Å²) in [7, 11) is -0.252. The minimum atomic E-state index is -1.90. The molecule has 2 rings (SSSR count). The van der Waals surface area contributed by atoms with E-state index in [9.17, 15) is 9.59 Å². The summed E-state index contributed by atoms with van der Waals surface area (Å²) < 4.78 is 11.7. The molecule has 0 bridgehead atoms. The van der Waals surface area contributed by atoms with Crippen molar-refractivity contribution in [1.29, 1.82) is 0 Å². The van der Waals surface area contributed by atoms with Gasteiger partial charge in [-0.2, -0.15) is 0 Å². The summed E-state index contributed by atoms with van der Waals surface area (Å²) in [6.07, 6.45) is 1.23. The van der Waals surface area contributed by atoms with E-state index in [2.05, 4.69) is 38.8 Å². The molecule has 1 aliphatic rings. The van der Waals surface area contributed by atoms with Crippen LogP contribution in [0.25, 0.3) is 0 Å². The first-order chi connectivity index (χ1) is 14.4. The highest BCUT2D eigenvalue weighted by Crippen LogP contribution is 2.36. The van der Waals surface area contributed by atoms with E-state index in [-0.39, 0.29) is 22.8 Å². The van der Waals surface area contributed by atoms with Crippen LogP contribution in [0.2, 0.25) is 18.1 Å². The molecular formula is C24H40N2O4Si. The number of hydrogen-bond donors (Lipinski definition) is 0. The normalized spacial score (nSPS) is 18.2. The number of piperazine rings is 1. The molecule has 31 heavy (non-hydrogen) atoms. The lowest BCUT2D eigenvalue weighted by Gasteiger charge is -2.43. The van der Waals surface area contributed by atoms with E-state index in [1.54, 1.807) is 14.0 Å². The van der Waals surface area contributed by atoms with Gasteiger partial charge in [-0.1, -0.05) is 32.9 Å². The number of hydrogen-bond acceptors (Lipinski definition) is 5. The van der Waals surface area contributed by atoms with Crippen molar-refractivity contribution in [3.05, 3.63) is 29.8 Å². The molecule has 7 heteroatoms. The van der Waals surface area contributed by atoms with Gasteiger partial charge >= 0.3 is 0 Å². The fraction of sp³-hybridized carbons (Fsp3) is 0.667. The van der Waals surface area contributed by atoms with Crippen LogP contribution in [-0.4, -0.2) is 75.7 Å². The molecule has 174 valence electrons. The van der Waals surface area contributed by atoms with Gasteiger partial charge in [0, 0.05) is 39.0 Å². The molecule has 0 N–H and O–H groups in total. The first-order valence-electron chi connectivity index (χ1n) is 11.2. The maximum Gasteiger partial charge on any atom is 0.219 e. The van der Waals surface area contributed by atoms with Crippen molar-refractivity contribution in [3.63, 3.8) is 0 Å². The summed E-state index contributed by atoms with van der Waals surface area (Å²) in [6, 6.07) is 7.92. The summed E-state index contributed by atoms with van der Waals surface area (Å²) in [5.74, 6) is 1.13. The van der Waals surface area contributed by atoms with Gasteiger partial charge in [0.15, 0.2) is 8.32 Å². The highest BCUT2D eigenvalue weighted by Gasteiger charge is 2.39. The molecule has 0 saturated carbocycles. The van der Waals surface area contributed by atoms with Crippen molar-refractivity contribution < 1.29 is 18.8 Å². The molecule has 1 aromatic carbocycles. The molecule has 0 spiro atoms. The molecule has 1 unspecified atom stereocenters. The lowest BCUT2D eigenvalue weighted by atomic mass is 10.1. The smallest absolute Gasteiger partial charge is 0.219 e. The van der Waals surface area contributed by atoms with E-state index in [1.807, 2.05) is 29.2 Å². The predicted molar refractivity (Wildman–Crippen MR) is 127 cm³/mol. The zero-order valence-corrected chi connectivity index (χ0v) is 21.4. The molecule has 1 atom stereocenters. The van der Waals surface area contributed by atoms with Gasteiger partial charge in [0.1, 0.15) is 11.5 Å². The molecular weight excluding hydrogens is 408 g/mol. The third-order valence-corrected chi connectivity index (χ3v) is 11.2. The Kier molecular flexibility index (Phi) is 8.86. The van der Waals surface area contributed by atoms with Gasteiger partial charge in [0.05, 0.1) is 20.3 Å². The highest BCUT2D eigenvalue weighted by atomic mass is 28.4. The average Bonchev–Trinajstić information content (AvgIpc) is 2.71. The van der Waals surface area contributed by atoms with Crippen LogP contribution >= 0.6 is 0 Å². The van der Waals surface area contributed by atoms with E-state index in [1.165, 1.54) is 0 Å². The van der Waals surface area contributed by atoms with E-state index in [0.717, 1.165) is 17.7 Å². The zero-order valence-electron chi connectivity index (χ0n) is 20.4. The van der Waals surface area contributed by atoms with Crippen molar-refractivity contribution in [2.75, 3.05) is 39.9 Å². The SMILES string of the molecule is COc1ccc(CCC(=O)CN2CCN(C(C)=O)CC2CO[Si](C)(C)C(C)(C)C)cc1. The molecule has 1 aliphatic heterocycles. The number of carbonyl (C=O) groups excluding carboxylic acids is 2. The van der Waals surface area contributed by atoms with Crippen LogP contribution in [-0.2, 0) is 20.4 Å². The lowest BCUT2D eigenvalue weighted by Crippen LogP contribution is -2.58. The Morgan fingerprint density at radius 1 is 1.13 bits per heavy atom. The van der Waals surface area contributed by atoms with Crippen LogP contribution in [0.5, 0.6) is 5.75 Å². The average molecular weight is 449 g/mol. The topological polar surface area (TPSA) is 59.1 Å². The van der Waals surface area contributed by atoms with Gasteiger partial charge < -0.3 is 14.1 Å². The number of benzene rings is 1. The maximum absolute atomic E-state index is 12.8. The second kappa shape index (κ2) is 10.7. The number of carbonyl (C=O) groups is 2. The van der Waals surface area contributed by atoms with Gasteiger partial charge in [0.25, 0.3) is 0 Å². The zero-order chi connectivity index (χ0) is 23.2. The molecule has 0 aliphatic carbocycles. The van der Waals surface area contributed by atoms with Gasteiger partial charge in [-0.3, -0.25) is 14.5 Å². The van der Waals surface area contributed by atoms with Gasteiger partial charge in [-0.05, 0) is 42.2 Å². The molecule has 1 saturated heterocycles. The predicted octanol–water partition coefficient (Wildman–Crippen LogP) is 3.75. The van der Waals surface area contributed by atoms with E-state index >= 15 is 0 Å². The Labute approximate surface area is 189 Å². The van der Waals surface area contributed by atoms with Gasteiger partial charge in [-0.15, -0.1) is 0 Å². The van der Waals surface area contributed by atoms with Crippen LogP contribution in [0.1, 0.15) is 39.7 Å². The first-order valence-corrected chi connectivity index (χ1v) is 14.1. The quantitative estimate of drug-likeness (QED) is 0.539. The Bertz CT molecular complexity index is 743. The largest absolute Gasteiger partial charge is 0.497 e. The van der Waals surface area contributed by atoms with Crippen LogP contribution in [0, 0.1) is 0 Å². The second-order valence-corrected chi connectivity index (χ2v) is 14.9. The number of nitrogens with zero attached hydrogens (tertiary/aromatic N) is 2. The molecule has 1 aromatic rings. The Balaban J connectivity index is 1.96. The summed E-state index contributed by atoms with van der Waals surface area (Å²) in [5.41, 5.74) is 1.13. The van der Waals surface area contributed by atoms with Crippen molar-refractivity contribution >= 4 is 20.0 Å². The number of Topliss-reactive ketones (excluding diaryl/α,β-unsaturated/α-hetero) is 1. The van der Waals surface area contributed by atoms with Crippen molar-refractivity contribution in [2.45, 2.75) is 64.7 Å². The molecule has 0 aromatic heterocycles. The number of aryl methyl sites for hydroxylation is 1. The molecule has 0 radical (unpaired) electrons. The van der Waals surface area contributed by atoms with Crippen molar-refractivity contribution in [1.82, 2.24) is 9.80 Å². The summed E-state index contributed by atoms with van der Waals surface area (Å²) in [4.78, 5) is 28.8. The number of ketones is 1. The first kappa shape index (κ1) is 25.6. The van der Waals surface area contributed by atoms with Crippen LogP contribution in [0.15, 0.2) is 24.3 Å². The molecule has 1 heterocycles. The van der Waals surface area contributed by atoms with Crippen LogP contribution in [0.4, 0.5) is 0 Å². The number of ether oxygens (including phenoxy) is 1. The number of amides is 1. The van der Waals surface area contributed by atoms with Crippen LogP contribution < -0.4 is 4.74 Å². The fourth-order valence-corrected chi connectivity index (χ4v) is 4.49. The van der Waals surface area contributed by atoms with Crippen LogP contribution in [0.3, 0.4) is 0 Å². The molecule has 6 nitrogen and oxygen atoms in total. The summed E-state index contributed by atoms with van der Waals surface area (Å²) in [6.45, 7) is 15.7. The van der Waals surface area contributed by atoms with Crippen molar-refractivity contribution in [2.24, 2.45) is 0 Å². The summed E-state index contributed by atoms with van der Waals surface area (Å²) >= 11 is 0. The van der Waals surface area contributed by atoms with Gasteiger partial charge in [0.2, 0.25) is 5.91 Å². The number of methoxy groups -OCH3 is 1. The van der Waals surface area contributed by atoms with E-state index in [0.29, 0.717) is 39.2 Å².